The van der Waals surface area contributed by atoms with Crippen LogP contribution in [-0.4, -0.2) is 20.6 Å². The molecule has 0 aliphatic rings. The predicted molar refractivity (Wildman–Crippen MR) is 57.8 cm³/mol. The molecule has 0 aliphatic heterocycles. The maximum absolute atomic E-state index is 10.3. The number of imidazole rings is 1. The molecule has 0 atom stereocenters. The van der Waals surface area contributed by atoms with E-state index >= 15 is 0 Å². The van der Waals surface area contributed by atoms with Crippen molar-refractivity contribution in [1.29, 1.82) is 0 Å². The summed E-state index contributed by atoms with van der Waals surface area (Å²) >= 11 is 3.35. The summed E-state index contributed by atoms with van der Waals surface area (Å²) in [4.78, 5) is 14.5. The molecule has 1 amide bonds. The lowest BCUT2D eigenvalue weighted by atomic mass is 10.3. The first-order valence-electron chi connectivity index (χ1n) is 4.24. The second kappa shape index (κ2) is 3.90. The molecule has 15 heavy (non-hydrogen) atoms. The third kappa shape index (κ3) is 2.10. The van der Waals surface area contributed by atoms with Crippen molar-refractivity contribution in [3.63, 3.8) is 0 Å². The lowest BCUT2D eigenvalue weighted by Gasteiger charge is -1.99. The van der Waals surface area contributed by atoms with E-state index in [1.165, 1.54) is 0 Å². The summed E-state index contributed by atoms with van der Waals surface area (Å²) in [5, 5.41) is 10.8. The zero-order valence-corrected chi connectivity index (χ0v) is 9.23. The standard InChI is InChI=1S/C9H8BrN3O2/c10-6-1-2-13-5-12-7(8(13)3-6)4-11-9(14)15/h1-3,5,11H,4H2,(H,14,15). The molecule has 0 saturated carbocycles. The lowest BCUT2D eigenvalue weighted by Crippen LogP contribution is -2.20. The molecule has 2 aromatic rings. The highest BCUT2D eigenvalue weighted by molar-refractivity contribution is 9.10. The minimum atomic E-state index is -1.05. The smallest absolute Gasteiger partial charge is 0.404 e. The van der Waals surface area contributed by atoms with Crippen molar-refractivity contribution < 1.29 is 9.90 Å². The van der Waals surface area contributed by atoms with Gasteiger partial charge in [-0.2, -0.15) is 0 Å². The van der Waals surface area contributed by atoms with Gasteiger partial charge in [0.25, 0.3) is 0 Å². The van der Waals surface area contributed by atoms with Crippen molar-refractivity contribution >= 4 is 27.5 Å². The van der Waals surface area contributed by atoms with Crippen LogP contribution in [0.2, 0.25) is 0 Å². The normalized spacial score (nSPS) is 10.5. The van der Waals surface area contributed by atoms with Crippen LogP contribution >= 0.6 is 15.9 Å². The number of amides is 1. The van der Waals surface area contributed by atoms with Gasteiger partial charge in [0.2, 0.25) is 0 Å². The fourth-order valence-electron chi connectivity index (χ4n) is 1.31. The first-order valence-corrected chi connectivity index (χ1v) is 5.04. The molecule has 6 heteroatoms. The number of fused-ring (bicyclic) bond motifs is 1. The summed E-state index contributed by atoms with van der Waals surface area (Å²) < 4.78 is 2.77. The molecule has 2 heterocycles. The number of aromatic nitrogens is 2. The largest absolute Gasteiger partial charge is 0.465 e. The zero-order chi connectivity index (χ0) is 10.8. The van der Waals surface area contributed by atoms with Gasteiger partial charge in [-0.1, -0.05) is 15.9 Å². The summed E-state index contributed by atoms with van der Waals surface area (Å²) in [5.41, 5.74) is 1.59. The Balaban J connectivity index is 2.35. The molecule has 0 saturated heterocycles. The fraction of sp³-hybridized carbons (Fsp3) is 0.111. The Morgan fingerprint density at radius 2 is 2.47 bits per heavy atom. The summed E-state index contributed by atoms with van der Waals surface area (Å²) in [7, 11) is 0. The Morgan fingerprint density at radius 1 is 1.67 bits per heavy atom. The highest BCUT2D eigenvalue weighted by Gasteiger charge is 2.05. The third-order valence-electron chi connectivity index (χ3n) is 1.99. The van der Waals surface area contributed by atoms with Crippen LogP contribution in [0, 0.1) is 0 Å². The van der Waals surface area contributed by atoms with Crippen LogP contribution in [0.1, 0.15) is 5.69 Å². The summed E-state index contributed by atoms with van der Waals surface area (Å²) in [6.45, 7) is 0.211. The molecule has 0 aliphatic carbocycles. The molecule has 0 spiro atoms. The molecule has 0 aromatic carbocycles. The Kier molecular flexibility index (Phi) is 2.59. The van der Waals surface area contributed by atoms with Gasteiger partial charge in [0.05, 0.1) is 24.1 Å². The number of hydrogen-bond donors (Lipinski definition) is 2. The van der Waals surface area contributed by atoms with E-state index in [2.05, 4.69) is 26.2 Å². The quantitative estimate of drug-likeness (QED) is 0.875. The average Bonchev–Trinajstić information content (AvgIpc) is 2.57. The van der Waals surface area contributed by atoms with Crippen molar-refractivity contribution in [3.8, 4) is 0 Å². The molecule has 0 unspecified atom stereocenters. The van der Waals surface area contributed by atoms with Gasteiger partial charge in [0.15, 0.2) is 0 Å². The van der Waals surface area contributed by atoms with Crippen LogP contribution in [0.3, 0.4) is 0 Å². The molecular formula is C9H8BrN3O2. The van der Waals surface area contributed by atoms with Gasteiger partial charge in [-0.3, -0.25) is 0 Å². The Bertz CT molecular complexity index is 509. The molecular weight excluding hydrogens is 262 g/mol. The Hall–Kier alpha value is -1.56. The molecule has 2 N–H and O–H groups in total. The van der Waals surface area contributed by atoms with Gasteiger partial charge in [0, 0.05) is 10.7 Å². The maximum atomic E-state index is 10.3. The number of hydrogen-bond acceptors (Lipinski definition) is 2. The number of pyridine rings is 1. The third-order valence-corrected chi connectivity index (χ3v) is 2.48. The van der Waals surface area contributed by atoms with E-state index in [9.17, 15) is 4.79 Å². The van der Waals surface area contributed by atoms with E-state index in [0.717, 1.165) is 9.99 Å². The van der Waals surface area contributed by atoms with Crippen LogP contribution in [0.15, 0.2) is 29.1 Å². The Morgan fingerprint density at radius 3 is 3.20 bits per heavy atom. The van der Waals surface area contributed by atoms with E-state index in [-0.39, 0.29) is 6.54 Å². The van der Waals surface area contributed by atoms with Crippen LogP contribution < -0.4 is 5.32 Å². The van der Waals surface area contributed by atoms with Crippen LogP contribution in [0.25, 0.3) is 5.52 Å². The van der Waals surface area contributed by atoms with E-state index in [0.29, 0.717) is 5.69 Å². The number of halogens is 1. The molecule has 0 radical (unpaired) electrons. The minimum absolute atomic E-state index is 0.211. The van der Waals surface area contributed by atoms with Crippen LogP contribution in [0.5, 0.6) is 0 Å². The Labute approximate surface area is 93.9 Å². The number of nitrogens with one attached hydrogen (secondary N) is 1. The van der Waals surface area contributed by atoms with Gasteiger partial charge in [-0.25, -0.2) is 9.78 Å². The number of rotatable bonds is 2. The SMILES string of the molecule is O=C(O)NCc1ncn2ccc(Br)cc12. The number of carboxylic acid groups (broad SMARTS) is 1. The minimum Gasteiger partial charge on any atom is -0.465 e. The van der Waals surface area contributed by atoms with Gasteiger partial charge in [0.1, 0.15) is 0 Å². The molecule has 0 bridgehead atoms. The van der Waals surface area contributed by atoms with Crippen molar-refractivity contribution in [2.24, 2.45) is 0 Å². The first kappa shape index (κ1) is 9.97. The topological polar surface area (TPSA) is 66.6 Å². The number of carbonyl (C=O) groups is 1. The van der Waals surface area contributed by atoms with Gasteiger partial charge in [-0.05, 0) is 12.1 Å². The monoisotopic (exact) mass is 269 g/mol. The second-order valence-corrected chi connectivity index (χ2v) is 3.90. The van der Waals surface area contributed by atoms with Gasteiger partial charge in [-0.15, -0.1) is 0 Å². The molecule has 78 valence electrons. The lowest BCUT2D eigenvalue weighted by molar-refractivity contribution is 0.194. The maximum Gasteiger partial charge on any atom is 0.404 e. The molecule has 0 fully saturated rings. The second-order valence-electron chi connectivity index (χ2n) is 2.99. The van der Waals surface area contributed by atoms with Crippen molar-refractivity contribution in [1.82, 2.24) is 14.7 Å². The molecule has 2 rings (SSSR count). The molecule has 5 nitrogen and oxygen atoms in total. The van der Waals surface area contributed by atoms with Gasteiger partial charge < -0.3 is 14.8 Å². The van der Waals surface area contributed by atoms with E-state index in [1.807, 2.05) is 22.7 Å². The van der Waals surface area contributed by atoms with E-state index in [1.54, 1.807) is 6.33 Å². The van der Waals surface area contributed by atoms with Gasteiger partial charge >= 0.3 is 6.09 Å². The summed E-state index contributed by atoms with van der Waals surface area (Å²) in [5.74, 6) is 0. The fourth-order valence-corrected chi connectivity index (χ4v) is 1.65. The van der Waals surface area contributed by atoms with Crippen LogP contribution in [0.4, 0.5) is 4.79 Å². The highest BCUT2D eigenvalue weighted by Crippen LogP contribution is 2.15. The summed E-state index contributed by atoms with van der Waals surface area (Å²) in [6, 6.07) is 3.79. The average molecular weight is 270 g/mol. The van der Waals surface area contributed by atoms with E-state index in [4.69, 9.17) is 5.11 Å². The molecule has 2 aromatic heterocycles. The highest BCUT2D eigenvalue weighted by atomic mass is 79.9. The van der Waals surface area contributed by atoms with Crippen molar-refractivity contribution in [2.75, 3.05) is 0 Å². The number of nitrogens with zero attached hydrogens (tertiary/aromatic N) is 2. The van der Waals surface area contributed by atoms with Crippen LogP contribution in [-0.2, 0) is 6.54 Å². The first-order chi connectivity index (χ1) is 7.16. The van der Waals surface area contributed by atoms with Crippen molar-refractivity contribution in [2.45, 2.75) is 6.54 Å². The predicted octanol–water partition coefficient (Wildman–Crippen LogP) is 1.86. The summed E-state index contributed by atoms with van der Waals surface area (Å²) in [6.07, 6.45) is 2.46. The zero-order valence-electron chi connectivity index (χ0n) is 7.64. The van der Waals surface area contributed by atoms with E-state index < -0.39 is 6.09 Å². The van der Waals surface area contributed by atoms with Crippen molar-refractivity contribution in [3.05, 3.63) is 34.8 Å².